The average Bonchev–Trinajstić information content (AvgIpc) is 2.18. The zero-order chi connectivity index (χ0) is 10.1. The van der Waals surface area contributed by atoms with Gasteiger partial charge in [0.2, 0.25) is 0 Å². The van der Waals surface area contributed by atoms with Gasteiger partial charge >= 0.3 is 0 Å². The number of hydrogen-bond acceptors (Lipinski definition) is 0. The predicted octanol–water partition coefficient (Wildman–Crippen LogP) is 3.92. The first-order valence-electron chi connectivity index (χ1n) is 4.15. The normalized spacial score (nSPS) is 11.1. The van der Waals surface area contributed by atoms with Gasteiger partial charge in [0.1, 0.15) is 5.82 Å². The van der Waals surface area contributed by atoms with Gasteiger partial charge in [0.05, 0.1) is 5.56 Å². The first kappa shape index (κ1) is 9.06. The molecule has 0 aromatic heterocycles. The molecule has 0 aliphatic rings. The Balaban J connectivity index is 2.75. The van der Waals surface area contributed by atoms with E-state index in [0.29, 0.717) is 5.39 Å². The molecule has 0 fully saturated rings. The zero-order valence-corrected chi connectivity index (χ0v) is 7.18. The number of halogens is 3. The van der Waals surface area contributed by atoms with Crippen LogP contribution in [0.1, 0.15) is 12.0 Å². The number of rotatable bonds is 1. The Hall–Kier alpha value is -1.51. The monoisotopic (exact) mass is 196 g/mol. The van der Waals surface area contributed by atoms with E-state index in [9.17, 15) is 13.2 Å². The zero-order valence-electron chi connectivity index (χ0n) is 7.18. The van der Waals surface area contributed by atoms with Gasteiger partial charge < -0.3 is 0 Å². The Morgan fingerprint density at radius 3 is 2.36 bits per heavy atom. The number of alkyl halides is 2. The molecule has 2 aromatic rings. The van der Waals surface area contributed by atoms with Gasteiger partial charge in [0.15, 0.2) is 0 Å². The van der Waals surface area contributed by atoms with Crippen LogP contribution in [0.15, 0.2) is 36.4 Å². The molecule has 3 heteroatoms. The molecule has 2 rings (SSSR count). The van der Waals surface area contributed by atoms with E-state index in [-0.39, 0.29) is 5.39 Å². The van der Waals surface area contributed by atoms with Crippen molar-refractivity contribution in [1.29, 1.82) is 0 Å². The maximum absolute atomic E-state index is 13.4. The van der Waals surface area contributed by atoms with Crippen LogP contribution in [0.3, 0.4) is 0 Å². The molecule has 14 heavy (non-hydrogen) atoms. The Kier molecular flexibility index (Phi) is 2.15. The highest BCUT2D eigenvalue weighted by Gasteiger charge is 2.14. The molecule has 0 spiro atoms. The van der Waals surface area contributed by atoms with Crippen LogP contribution in [-0.2, 0) is 0 Å². The minimum Gasteiger partial charge on any atom is -0.206 e. The fraction of sp³-hybridized carbons (Fsp3) is 0.0909. The van der Waals surface area contributed by atoms with Crippen LogP contribution < -0.4 is 0 Å². The topological polar surface area (TPSA) is 0 Å². The van der Waals surface area contributed by atoms with Gasteiger partial charge in [-0.3, -0.25) is 0 Å². The van der Waals surface area contributed by atoms with E-state index in [1.165, 1.54) is 12.1 Å². The molecule has 0 bridgehead atoms. The van der Waals surface area contributed by atoms with Crippen molar-refractivity contribution in [2.75, 3.05) is 0 Å². The SMILES string of the molecule is Fc1c(C(F)F)ccc2ccccc12. The van der Waals surface area contributed by atoms with Crippen LogP contribution in [0.4, 0.5) is 13.2 Å². The van der Waals surface area contributed by atoms with Crippen LogP contribution >= 0.6 is 0 Å². The summed E-state index contributed by atoms with van der Waals surface area (Å²) in [6.45, 7) is 0. The lowest BCUT2D eigenvalue weighted by Gasteiger charge is -2.04. The summed E-state index contributed by atoms with van der Waals surface area (Å²) in [4.78, 5) is 0. The minimum absolute atomic E-state index is 0.241. The molecule has 0 N–H and O–H groups in total. The first-order chi connectivity index (χ1) is 6.70. The lowest BCUT2D eigenvalue weighted by Crippen LogP contribution is -1.91. The van der Waals surface area contributed by atoms with E-state index in [0.717, 1.165) is 6.07 Å². The third-order valence-corrected chi connectivity index (χ3v) is 2.13. The second-order valence-corrected chi connectivity index (χ2v) is 2.99. The number of benzene rings is 2. The summed E-state index contributed by atoms with van der Waals surface area (Å²) >= 11 is 0. The van der Waals surface area contributed by atoms with E-state index in [1.54, 1.807) is 18.2 Å². The fourth-order valence-corrected chi connectivity index (χ4v) is 1.42. The Labute approximate surface area is 79.0 Å². The van der Waals surface area contributed by atoms with Gasteiger partial charge in [-0.15, -0.1) is 0 Å². The molecule has 0 nitrogen and oxygen atoms in total. The fourth-order valence-electron chi connectivity index (χ4n) is 1.42. The smallest absolute Gasteiger partial charge is 0.206 e. The van der Waals surface area contributed by atoms with Crippen LogP contribution in [0.25, 0.3) is 10.8 Å². The van der Waals surface area contributed by atoms with Gasteiger partial charge in [-0.2, -0.15) is 0 Å². The second kappa shape index (κ2) is 3.33. The van der Waals surface area contributed by atoms with Gasteiger partial charge in [-0.25, -0.2) is 13.2 Å². The standard InChI is InChI=1S/C11H7F3/c12-10-8-4-2-1-3-7(8)5-6-9(10)11(13)14/h1-6,11H. The Morgan fingerprint density at radius 1 is 0.929 bits per heavy atom. The van der Waals surface area contributed by atoms with E-state index in [4.69, 9.17) is 0 Å². The van der Waals surface area contributed by atoms with Gasteiger partial charge in [-0.05, 0) is 11.5 Å². The van der Waals surface area contributed by atoms with Crippen molar-refractivity contribution in [2.24, 2.45) is 0 Å². The number of fused-ring (bicyclic) bond motifs is 1. The van der Waals surface area contributed by atoms with Gasteiger partial charge in [-0.1, -0.05) is 30.3 Å². The van der Waals surface area contributed by atoms with E-state index in [2.05, 4.69) is 0 Å². The van der Waals surface area contributed by atoms with Crippen molar-refractivity contribution in [1.82, 2.24) is 0 Å². The van der Waals surface area contributed by atoms with Gasteiger partial charge in [0, 0.05) is 5.39 Å². The molecule has 0 saturated carbocycles. The molecule has 0 radical (unpaired) electrons. The van der Waals surface area contributed by atoms with E-state index < -0.39 is 17.8 Å². The van der Waals surface area contributed by atoms with Crippen molar-refractivity contribution in [2.45, 2.75) is 6.43 Å². The summed E-state index contributed by atoms with van der Waals surface area (Å²) < 4.78 is 38.1. The molecular formula is C11H7F3. The van der Waals surface area contributed by atoms with E-state index >= 15 is 0 Å². The summed E-state index contributed by atoms with van der Waals surface area (Å²) in [6.07, 6.45) is -2.76. The van der Waals surface area contributed by atoms with Crippen molar-refractivity contribution >= 4 is 10.8 Å². The summed E-state index contributed by atoms with van der Waals surface area (Å²) in [5.74, 6) is -0.821. The van der Waals surface area contributed by atoms with Crippen molar-refractivity contribution in [3.8, 4) is 0 Å². The van der Waals surface area contributed by atoms with Crippen LogP contribution in [-0.4, -0.2) is 0 Å². The molecule has 0 aliphatic heterocycles. The lowest BCUT2D eigenvalue weighted by molar-refractivity contribution is 0.147. The molecule has 0 unspecified atom stereocenters. The molecule has 0 atom stereocenters. The number of hydrogen-bond donors (Lipinski definition) is 0. The summed E-state index contributed by atoms with van der Waals surface area (Å²) in [5.41, 5.74) is -0.538. The van der Waals surface area contributed by atoms with E-state index in [1.807, 2.05) is 0 Å². The second-order valence-electron chi connectivity index (χ2n) is 2.99. The molecule has 0 aliphatic carbocycles. The highest BCUT2D eigenvalue weighted by molar-refractivity contribution is 5.83. The molecular weight excluding hydrogens is 189 g/mol. The third kappa shape index (κ3) is 1.35. The maximum Gasteiger partial charge on any atom is 0.266 e. The quantitative estimate of drug-likeness (QED) is 0.648. The molecule has 72 valence electrons. The van der Waals surface area contributed by atoms with Crippen LogP contribution in [0.2, 0.25) is 0 Å². The maximum atomic E-state index is 13.4. The molecule has 0 amide bonds. The van der Waals surface area contributed by atoms with Crippen LogP contribution in [0.5, 0.6) is 0 Å². The Morgan fingerprint density at radius 2 is 1.64 bits per heavy atom. The van der Waals surface area contributed by atoms with Crippen molar-refractivity contribution in [3.63, 3.8) is 0 Å². The summed E-state index contributed by atoms with van der Waals surface area (Å²) in [5, 5.41) is 0.875. The molecule has 0 heterocycles. The highest BCUT2D eigenvalue weighted by Crippen LogP contribution is 2.27. The largest absolute Gasteiger partial charge is 0.266 e. The molecule has 2 aromatic carbocycles. The van der Waals surface area contributed by atoms with Crippen molar-refractivity contribution in [3.05, 3.63) is 47.8 Å². The van der Waals surface area contributed by atoms with Gasteiger partial charge in [0.25, 0.3) is 6.43 Å². The minimum atomic E-state index is -2.76. The first-order valence-corrected chi connectivity index (χ1v) is 4.15. The average molecular weight is 196 g/mol. The van der Waals surface area contributed by atoms with Crippen molar-refractivity contribution < 1.29 is 13.2 Å². The Bertz CT molecular complexity index is 463. The molecule has 0 saturated heterocycles. The lowest BCUT2D eigenvalue weighted by atomic mass is 10.1. The predicted molar refractivity (Wildman–Crippen MR) is 48.9 cm³/mol. The third-order valence-electron chi connectivity index (χ3n) is 2.13. The van der Waals surface area contributed by atoms with Crippen LogP contribution in [0, 0.1) is 5.82 Å². The summed E-state index contributed by atoms with van der Waals surface area (Å²) in [6, 6.07) is 9.18. The summed E-state index contributed by atoms with van der Waals surface area (Å²) in [7, 11) is 0. The highest BCUT2D eigenvalue weighted by atomic mass is 19.3.